The molecule has 0 fully saturated rings. The first-order chi connectivity index (χ1) is 33.0. The van der Waals surface area contributed by atoms with E-state index in [0.29, 0.717) is 25.9 Å². The standard InChI is InChI=1S/C61H115NO5/c1-3-5-7-9-11-13-15-17-19-20-21-22-23-24-25-26-28-29-33-37-41-45-49-53-59(64)58(57-63)62-60(65)54-50-46-42-38-34-31-32-36-40-44-48-52-56-67-61(66)55-51-47-43-39-35-30-27-18-16-14-12-10-8-6-4-2/h12,14,18,27,32,36,58-59,63-64H,3-11,13,15-17,19-26,28-31,33-35,37-57H2,1-2H3,(H,62,65)/b14-12-,27-18-,36-32-. The predicted molar refractivity (Wildman–Crippen MR) is 292 cm³/mol. The number of aliphatic hydroxyl groups is 2. The normalized spacial score (nSPS) is 12.8. The molecule has 6 heteroatoms. The first-order valence-corrected chi connectivity index (χ1v) is 29.7. The first-order valence-electron chi connectivity index (χ1n) is 29.7. The minimum absolute atomic E-state index is 0.0362. The van der Waals surface area contributed by atoms with Gasteiger partial charge in [0.05, 0.1) is 25.4 Å². The molecule has 0 aromatic carbocycles. The Labute approximate surface area is 417 Å². The van der Waals surface area contributed by atoms with Gasteiger partial charge in [0, 0.05) is 12.8 Å². The second kappa shape index (κ2) is 56.7. The van der Waals surface area contributed by atoms with Gasteiger partial charge in [-0.3, -0.25) is 9.59 Å². The number of hydrogen-bond donors (Lipinski definition) is 3. The number of hydrogen-bond acceptors (Lipinski definition) is 5. The molecule has 0 aliphatic carbocycles. The van der Waals surface area contributed by atoms with Crippen molar-refractivity contribution >= 4 is 11.9 Å². The Morgan fingerprint density at radius 2 is 0.746 bits per heavy atom. The van der Waals surface area contributed by atoms with E-state index in [4.69, 9.17) is 4.74 Å². The van der Waals surface area contributed by atoms with Gasteiger partial charge in [0.2, 0.25) is 5.91 Å². The number of esters is 1. The van der Waals surface area contributed by atoms with Crippen molar-refractivity contribution in [3.05, 3.63) is 36.5 Å². The van der Waals surface area contributed by atoms with Crippen molar-refractivity contribution in [2.24, 2.45) is 0 Å². The summed E-state index contributed by atoms with van der Waals surface area (Å²) >= 11 is 0. The molecule has 1 amide bonds. The lowest BCUT2D eigenvalue weighted by molar-refractivity contribution is -0.143. The predicted octanol–water partition coefficient (Wildman–Crippen LogP) is 18.4. The first kappa shape index (κ1) is 65.1. The smallest absolute Gasteiger partial charge is 0.305 e. The van der Waals surface area contributed by atoms with E-state index in [1.807, 2.05) is 0 Å². The zero-order valence-corrected chi connectivity index (χ0v) is 44.9. The van der Waals surface area contributed by atoms with E-state index < -0.39 is 12.1 Å². The maximum atomic E-state index is 12.5. The fourth-order valence-corrected chi connectivity index (χ4v) is 9.08. The largest absolute Gasteiger partial charge is 0.466 e. The Kier molecular flexibility index (Phi) is 55.0. The Morgan fingerprint density at radius 1 is 0.418 bits per heavy atom. The molecule has 0 saturated carbocycles. The number of unbranched alkanes of at least 4 members (excludes halogenated alkanes) is 38. The van der Waals surface area contributed by atoms with Gasteiger partial charge >= 0.3 is 5.97 Å². The molecule has 0 aliphatic rings. The maximum absolute atomic E-state index is 12.5. The summed E-state index contributed by atoms with van der Waals surface area (Å²) < 4.78 is 5.45. The summed E-state index contributed by atoms with van der Waals surface area (Å²) in [5.74, 6) is -0.0955. The Morgan fingerprint density at radius 3 is 1.18 bits per heavy atom. The van der Waals surface area contributed by atoms with Gasteiger partial charge in [-0.1, -0.05) is 249 Å². The van der Waals surface area contributed by atoms with Crippen LogP contribution in [0, 0.1) is 0 Å². The lowest BCUT2D eigenvalue weighted by Crippen LogP contribution is -2.45. The van der Waals surface area contributed by atoms with Crippen LogP contribution in [0.3, 0.4) is 0 Å². The molecule has 0 aromatic rings. The lowest BCUT2D eigenvalue weighted by atomic mass is 10.0. The van der Waals surface area contributed by atoms with Gasteiger partial charge in [-0.15, -0.1) is 0 Å². The van der Waals surface area contributed by atoms with Crippen LogP contribution in [-0.2, 0) is 14.3 Å². The minimum atomic E-state index is -0.683. The number of amides is 1. The molecule has 394 valence electrons. The summed E-state index contributed by atoms with van der Waals surface area (Å²) in [5, 5.41) is 23.3. The summed E-state index contributed by atoms with van der Waals surface area (Å²) in [6.45, 7) is 4.88. The second-order valence-electron chi connectivity index (χ2n) is 20.3. The molecular formula is C61H115NO5. The van der Waals surface area contributed by atoms with Crippen LogP contribution in [0.1, 0.15) is 316 Å². The van der Waals surface area contributed by atoms with E-state index in [1.54, 1.807) is 0 Å². The average molecular weight is 943 g/mol. The Balaban J connectivity index is 3.50. The van der Waals surface area contributed by atoms with Crippen molar-refractivity contribution in [2.45, 2.75) is 328 Å². The third-order valence-electron chi connectivity index (χ3n) is 13.7. The highest BCUT2D eigenvalue weighted by molar-refractivity contribution is 5.76. The molecule has 0 rings (SSSR count). The van der Waals surface area contributed by atoms with Crippen LogP contribution < -0.4 is 5.32 Å². The van der Waals surface area contributed by atoms with Crippen LogP contribution in [-0.4, -0.2) is 47.4 Å². The lowest BCUT2D eigenvalue weighted by Gasteiger charge is -2.22. The van der Waals surface area contributed by atoms with E-state index in [0.717, 1.165) is 89.9 Å². The highest BCUT2D eigenvalue weighted by atomic mass is 16.5. The maximum Gasteiger partial charge on any atom is 0.305 e. The second-order valence-corrected chi connectivity index (χ2v) is 20.3. The number of carbonyl (C=O) groups excluding carboxylic acids is 2. The Hall–Kier alpha value is -1.92. The fraction of sp³-hybridized carbons (Fsp3) is 0.869. The van der Waals surface area contributed by atoms with Gasteiger partial charge in [0.25, 0.3) is 0 Å². The quantitative estimate of drug-likeness (QED) is 0.0321. The molecule has 2 unspecified atom stereocenters. The topological polar surface area (TPSA) is 95.9 Å². The molecule has 6 nitrogen and oxygen atoms in total. The summed E-state index contributed by atoms with van der Waals surface area (Å²) in [5.41, 5.74) is 0. The van der Waals surface area contributed by atoms with Crippen LogP contribution in [0.4, 0.5) is 0 Å². The number of ether oxygens (including phenoxy) is 1. The van der Waals surface area contributed by atoms with Gasteiger partial charge in [-0.2, -0.15) is 0 Å². The van der Waals surface area contributed by atoms with Crippen molar-refractivity contribution in [3.8, 4) is 0 Å². The van der Waals surface area contributed by atoms with E-state index in [-0.39, 0.29) is 18.5 Å². The van der Waals surface area contributed by atoms with Gasteiger partial charge in [0.1, 0.15) is 0 Å². The highest BCUT2D eigenvalue weighted by Crippen LogP contribution is 2.17. The average Bonchev–Trinajstić information content (AvgIpc) is 3.33. The van der Waals surface area contributed by atoms with Crippen molar-refractivity contribution in [2.75, 3.05) is 13.2 Å². The highest BCUT2D eigenvalue weighted by Gasteiger charge is 2.20. The summed E-state index contributed by atoms with van der Waals surface area (Å²) in [6.07, 6.45) is 70.0. The van der Waals surface area contributed by atoms with Crippen LogP contribution in [0.5, 0.6) is 0 Å². The van der Waals surface area contributed by atoms with E-state index in [9.17, 15) is 19.8 Å². The molecule has 0 aromatic heterocycles. The van der Waals surface area contributed by atoms with Crippen molar-refractivity contribution in [1.82, 2.24) is 5.32 Å². The van der Waals surface area contributed by atoms with E-state index in [1.165, 1.54) is 193 Å². The number of aliphatic hydroxyl groups excluding tert-OH is 2. The molecule has 0 radical (unpaired) electrons. The molecule has 0 saturated heterocycles. The van der Waals surface area contributed by atoms with Crippen molar-refractivity contribution in [1.29, 1.82) is 0 Å². The number of allylic oxidation sites excluding steroid dienone is 6. The fourth-order valence-electron chi connectivity index (χ4n) is 9.08. The monoisotopic (exact) mass is 942 g/mol. The molecule has 67 heavy (non-hydrogen) atoms. The van der Waals surface area contributed by atoms with Gasteiger partial charge in [0.15, 0.2) is 0 Å². The molecule has 2 atom stereocenters. The molecular weight excluding hydrogens is 827 g/mol. The van der Waals surface area contributed by atoms with Crippen molar-refractivity contribution < 1.29 is 24.5 Å². The number of carbonyl (C=O) groups is 2. The molecule has 0 spiro atoms. The summed E-state index contributed by atoms with van der Waals surface area (Å²) in [7, 11) is 0. The molecule has 0 aliphatic heterocycles. The van der Waals surface area contributed by atoms with Crippen molar-refractivity contribution in [3.63, 3.8) is 0 Å². The van der Waals surface area contributed by atoms with E-state index >= 15 is 0 Å². The van der Waals surface area contributed by atoms with Crippen LogP contribution in [0.15, 0.2) is 36.5 Å². The van der Waals surface area contributed by atoms with Crippen LogP contribution in [0.2, 0.25) is 0 Å². The molecule has 0 heterocycles. The number of nitrogens with one attached hydrogen (secondary N) is 1. The Bertz CT molecular complexity index is 1090. The van der Waals surface area contributed by atoms with E-state index in [2.05, 4.69) is 55.6 Å². The summed E-state index contributed by atoms with van der Waals surface area (Å²) in [6, 6.07) is -0.563. The number of rotatable bonds is 55. The SMILES string of the molecule is CCCCC/C=C\C/C=C\CCCCCCCC(=O)OCCCCC/C=C\CCCCCCCC(=O)NC(CO)C(O)CCCCCCCCCCCCCCCCCCCCCCCCC. The zero-order valence-electron chi connectivity index (χ0n) is 44.9. The van der Waals surface area contributed by atoms with Gasteiger partial charge in [-0.05, 0) is 89.9 Å². The molecule has 3 N–H and O–H groups in total. The third-order valence-corrected chi connectivity index (χ3v) is 13.7. The molecule has 0 bridgehead atoms. The summed E-state index contributed by atoms with van der Waals surface area (Å²) in [4.78, 5) is 24.5. The van der Waals surface area contributed by atoms with Crippen LogP contribution >= 0.6 is 0 Å². The zero-order chi connectivity index (χ0) is 48.6. The third kappa shape index (κ3) is 53.3. The van der Waals surface area contributed by atoms with Gasteiger partial charge < -0.3 is 20.3 Å². The van der Waals surface area contributed by atoms with Gasteiger partial charge in [-0.25, -0.2) is 0 Å². The minimum Gasteiger partial charge on any atom is -0.466 e. The van der Waals surface area contributed by atoms with Crippen LogP contribution in [0.25, 0.3) is 0 Å².